The number of benzene rings is 1. The molecule has 1 rings (SSSR count). The van der Waals surface area contributed by atoms with Gasteiger partial charge in [0.1, 0.15) is 6.61 Å². The quantitative estimate of drug-likeness (QED) is 0.192. The van der Waals surface area contributed by atoms with E-state index in [1.165, 1.54) is 0 Å². The lowest BCUT2D eigenvalue weighted by atomic mass is 9.98. The van der Waals surface area contributed by atoms with Crippen molar-refractivity contribution in [2.45, 2.75) is 0 Å². The number of halogens is 6. The molecule has 0 bridgehead atoms. The molecule has 3 nitrogen and oxygen atoms in total. The van der Waals surface area contributed by atoms with Crippen molar-refractivity contribution in [3.05, 3.63) is 25.6 Å². The van der Waals surface area contributed by atoms with Crippen LogP contribution in [-0.4, -0.2) is 28.8 Å². The van der Waals surface area contributed by atoms with Crippen molar-refractivity contribution in [3.8, 4) is 5.75 Å². The second-order valence-corrected chi connectivity index (χ2v) is 8.55. The molecular weight excluding hydrogens is 672 g/mol. The van der Waals surface area contributed by atoms with Crippen LogP contribution in [0, 0.1) is 5.41 Å². The Morgan fingerprint density at radius 3 is 1.90 bits per heavy atom. The van der Waals surface area contributed by atoms with E-state index >= 15 is 0 Å². The molecule has 0 aromatic heterocycles. The Bertz CT molecular complexity index is 472. The Labute approximate surface area is 173 Å². The van der Waals surface area contributed by atoms with Gasteiger partial charge in [0, 0.05) is 25.9 Å². The fourth-order valence-electron chi connectivity index (χ4n) is 1.17. The van der Waals surface area contributed by atoms with E-state index in [4.69, 9.17) is 9.47 Å². The Morgan fingerprint density at radius 1 is 1.00 bits per heavy atom. The zero-order valence-corrected chi connectivity index (χ0v) is 20.0. The van der Waals surface area contributed by atoms with Crippen molar-refractivity contribution in [1.82, 2.24) is 0 Å². The van der Waals surface area contributed by atoms with Gasteiger partial charge in [0.2, 0.25) is 0 Å². The summed E-state index contributed by atoms with van der Waals surface area (Å²) in [6.07, 6.45) is -0.744. The zero-order valence-electron chi connectivity index (χ0n) is 10.5. The highest BCUT2D eigenvalue weighted by molar-refractivity contribution is 9.11. The lowest BCUT2D eigenvalue weighted by Gasteiger charge is -2.26. The molecule has 21 heavy (non-hydrogen) atoms. The number of hydrogen-bond acceptors (Lipinski definition) is 3. The first-order valence-corrected chi connectivity index (χ1v) is 11.3. The van der Waals surface area contributed by atoms with Gasteiger partial charge in [-0.2, -0.15) is 0 Å². The lowest BCUT2D eigenvalue weighted by molar-refractivity contribution is 0.0726. The minimum atomic E-state index is -0.744. The first-order valence-electron chi connectivity index (χ1n) is 5.54. The highest BCUT2D eigenvalue weighted by Crippen LogP contribution is 2.36. The average Bonchev–Trinajstić information content (AvgIpc) is 2.45. The summed E-state index contributed by atoms with van der Waals surface area (Å²) >= 11 is 20.3. The molecule has 0 aliphatic heterocycles. The molecular formula is C12H10Br6O3. The number of carbonyl (C=O) groups excluding carboxylic acids is 1. The predicted molar refractivity (Wildman–Crippen MR) is 105 cm³/mol. The van der Waals surface area contributed by atoms with Crippen LogP contribution in [0.3, 0.4) is 0 Å². The Hall–Kier alpha value is 1.37. The second kappa shape index (κ2) is 9.61. The minimum Gasteiger partial charge on any atom is -0.433 e. The van der Waals surface area contributed by atoms with Gasteiger partial charge < -0.3 is 9.47 Å². The van der Waals surface area contributed by atoms with Crippen molar-refractivity contribution in [3.63, 3.8) is 0 Å². The summed E-state index contributed by atoms with van der Waals surface area (Å²) in [5.41, 5.74) is -0.215. The largest absolute Gasteiger partial charge is 0.513 e. The molecule has 0 N–H and O–H groups in total. The summed E-state index contributed by atoms with van der Waals surface area (Å²) in [6, 6.07) is 3.57. The Kier molecular flexibility index (Phi) is 9.35. The second-order valence-electron chi connectivity index (χ2n) is 4.24. The zero-order chi connectivity index (χ0) is 16.0. The standard InChI is InChI=1S/C12H10Br6O3/c13-3-12(4-14,5-15)6-20-11(19)21-10-8(17)1-7(16)2-9(10)18/h1-2H,3-6H2. The summed E-state index contributed by atoms with van der Waals surface area (Å²) in [6.45, 7) is 0.235. The van der Waals surface area contributed by atoms with Gasteiger partial charge in [-0.15, -0.1) is 0 Å². The number of ether oxygens (including phenoxy) is 2. The first kappa shape index (κ1) is 20.4. The molecule has 9 heteroatoms. The van der Waals surface area contributed by atoms with Gasteiger partial charge in [-0.25, -0.2) is 4.79 Å². The normalized spacial score (nSPS) is 11.3. The van der Waals surface area contributed by atoms with Crippen LogP contribution >= 0.6 is 95.6 Å². The van der Waals surface area contributed by atoms with Gasteiger partial charge in [0.15, 0.2) is 5.75 Å². The highest BCUT2D eigenvalue weighted by atomic mass is 79.9. The minimum absolute atomic E-state index is 0.215. The summed E-state index contributed by atoms with van der Waals surface area (Å²) < 4.78 is 12.6. The van der Waals surface area contributed by atoms with Crippen molar-refractivity contribution in [2.24, 2.45) is 5.41 Å². The van der Waals surface area contributed by atoms with E-state index < -0.39 is 6.16 Å². The Balaban J connectivity index is 2.71. The molecule has 0 heterocycles. The van der Waals surface area contributed by atoms with Crippen LogP contribution in [0.5, 0.6) is 5.75 Å². The number of hydrogen-bond donors (Lipinski definition) is 0. The number of carbonyl (C=O) groups is 1. The molecule has 0 saturated heterocycles. The maximum absolute atomic E-state index is 11.9. The number of rotatable bonds is 6. The summed E-state index contributed by atoms with van der Waals surface area (Å²) in [5.74, 6) is 0.380. The molecule has 0 amide bonds. The maximum atomic E-state index is 11.9. The van der Waals surface area contributed by atoms with Gasteiger partial charge in [0.05, 0.1) is 8.95 Å². The molecule has 0 saturated carbocycles. The average molecular weight is 682 g/mol. The summed E-state index contributed by atoms with van der Waals surface area (Å²) in [4.78, 5) is 11.9. The highest BCUT2D eigenvalue weighted by Gasteiger charge is 2.29. The van der Waals surface area contributed by atoms with E-state index in [1.807, 2.05) is 0 Å². The molecule has 0 atom stereocenters. The van der Waals surface area contributed by atoms with Gasteiger partial charge in [-0.1, -0.05) is 63.7 Å². The van der Waals surface area contributed by atoms with Crippen molar-refractivity contribution in [2.75, 3.05) is 22.6 Å². The van der Waals surface area contributed by atoms with Crippen LogP contribution in [0.1, 0.15) is 0 Å². The van der Waals surface area contributed by atoms with E-state index in [-0.39, 0.29) is 12.0 Å². The SMILES string of the molecule is O=C(OCC(CBr)(CBr)CBr)Oc1c(Br)cc(Br)cc1Br. The van der Waals surface area contributed by atoms with Crippen molar-refractivity contribution < 1.29 is 14.3 Å². The molecule has 0 aliphatic rings. The third-order valence-corrected chi connectivity index (χ3v) is 7.70. The molecule has 0 fully saturated rings. The van der Waals surface area contributed by atoms with Crippen LogP contribution < -0.4 is 4.74 Å². The third kappa shape index (κ3) is 6.06. The monoisotopic (exact) mass is 676 g/mol. The van der Waals surface area contributed by atoms with Gasteiger partial charge >= 0.3 is 6.16 Å². The molecule has 0 spiro atoms. The maximum Gasteiger partial charge on any atom is 0.513 e. The molecule has 118 valence electrons. The van der Waals surface area contributed by atoms with E-state index in [0.717, 1.165) is 4.47 Å². The van der Waals surface area contributed by atoms with Gasteiger partial charge in [0.25, 0.3) is 0 Å². The van der Waals surface area contributed by atoms with Crippen LogP contribution in [0.4, 0.5) is 4.79 Å². The van der Waals surface area contributed by atoms with Crippen LogP contribution in [-0.2, 0) is 4.74 Å². The van der Waals surface area contributed by atoms with E-state index in [1.54, 1.807) is 12.1 Å². The predicted octanol–water partition coefficient (Wildman–Crippen LogP) is 6.66. The van der Waals surface area contributed by atoms with Gasteiger partial charge in [-0.3, -0.25) is 0 Å². The molecule has 1 aromatic carbocycles. The first-order chi connectivity index (χ1) is 9.87. The van der Waals surface area contributed by atoms with E-state index in [0.29, 0.717) is 30.7 Å². The third-order valence-electron chi connectivity index (χ3n) is 2.50. The fraction of sp³-hybridized carbons (Fsp3) is 0.417. The summed E-state index contributed by atoms with van der Waals surface area (Å²) in [5, 5.41) is 2.07. The fourth-order valence-corrected chi connectivity index (χ4v) is 6.87. The van der Waals surface area contributed by atoms with E-state index in [2.05, 4.69) is 95.6 Å². The van der Waals surface area contributed by atoms with Crippen LogP contribution in [0.25, 0.3) is 0 Å². The van der Waals surface area contributed by atoms with Crippen LogP contribution in [0.2, 0.25) is 0 Å². The van der Waals surface area contributed by atoms with Crippen LogP contribution in [0.15, 0.2) is 25.6 Å². The van der Waals surface area contributed by atoms with Gasteiger partial charge in [-0.05, 0) is 44.0 Å². The lowest BCUT2D eigenvalue weighted by Crippen LogP contribution is -2.34. The molecule has 0 aliphatic carbocycles. The van der Waals surface area contributed by atoms with Crippen molar-refractivity contribution in [1.29, 1.82) is 0 Å². The molecule has 1 aromatic rings. The smallest absolute Gasteiger partial charge is 0.433 e. The van der Waals surface area contributed by atoms with Crippen molar-refractivity contribution >= 4 is 102 Å². The summed E-state index contributed by atoms with van der Waals surface area (Å²) in [7, 11) is 0. The number of alkyl halides is 3. The molecule has 0 unspecified atom stereocenters. The van der Waals surface area contributed by atoms with E-state index in [9.17, 15) is 4.79 Å². The molecule has 0 radical (unpaired) electrons. The topological polar surface area (TPSA) is 35.5 Å². The Morgan fingerprint density at radius 2 is 1.48 bits per heavy atom.